The summed E-state index contributed by atoms with van der Waals surface area (Å²) in [6.45, 7) is 11.1. The van der Waals surface area contributed by atoms with E-state index in [0.29, 0.717) is 23.7 Å². The van der Waals surface area contributed by atoms with Crippen LogP contribution in [-0.4, -0.2) is 29.2 Å². The Morgan fingerprint density at radius 1 is 1.28 bits per heavy atom. The highest BCUT2D eigenvalue weighted by molar-refractivity contribution is 5.78. The van der Waals surface area contributed by atoms with Gasteiger partial charge >= 0.3 is 0 Å². The molecule has 2 unspecified atom stereocenters. The fourth-order valence-electron chi connectivity index (χ4n) is 1.99. The van der Waals surface area contributed by atoms with Crippen LogP contribution in [0.4, 0.5) is 0 Å². The number of rotatable bonds is 5. The summed E-state index contributed by atoms with van der Waals surface area (Å²) in [7, 11) is 0. The predicted molar refractivity (Wildman–Crippen MR) is 75.5 cm³/mol. The van der Waals surface area contributed by atoms with E-state index < -0.39 is 0 Å². The van der Waals surface area contributed by atoms with Crippen molar-refractivity contribution >= 4 is 11.7 Å². The van der Waals surface area contributed by atoms with Crippen LogP contribution in [0.5, 0.6) is 0 Å². The van der Waals surface area contributed by atoms with Gasteiger partial charge in [-0.3, -0.25) is 4.79 Å². The number of hydrogen-bond acceptors (Lipinski definition) is 2. The lowest BCUT2D eigenvalue weighted by molar-refractivity contribution is -0.129. The van der Waals surface area contributed by atoms with Crippen LogP contribution in [-0.2, 0) is 9.59 Å². The lowest BCUT2D eigenvalue weighted by Crippen LogP contribution is -2.33. The molecule has 1 rings (SSSR count). The smallest absolute Gasteiger partial charge is 0.222 e. The van der Waals surface area contributed by atoms with Gasteiger partial charge in [0.2, 0.25) is 5.91 Å². The third-order valence-electron chi connectivity index (χ3n) is 3.57. The SMILES string of the molecule is CCC(C)CC(C)=O.CCC(C)N1CCCC1=O. The Bertz CT molecular complexity index is 263. The highest BCUT2D eigenvalue weighted by Crippen LogP contribution is 2.14. The van der Waals surface area contributed by atoms with E-state index in [0.717, 1.165) is 38.6 Å². The molecule has 1 aliphatic heterocycles. The second-order valence-electron chi connectivity index (χ2n) is 5.37. The first kappa shape index (κ1) is 17.1. The average Bonchev–Trinajstić information content (AvgIpc) is 2.74. The molecule has 0 aromatic heterocycles. The zero-order valence-electron chi connectivity index (χ0n) is 12.7. The molecule has 0 aliphatic carbocycles. The fourth-order valence-corrected chi connectivity index (χ4v) is 1.99. The largest absolute Gasteiger partial charge is 0.340 e. The molecule has 0 spiro atoms. The maximum atomic E-state index is 11.1. The summed E-state index contributed by atoms with van der Waals surface area (Å²) < 4.78 is 0. The minimum atomic E-state index is 0.305. The molecule has 1 aliphatic rings. The van der Waals surface area contributed by atoms with Gasteiger partial charge in [0.15, 0.2) is 0 Å². The first-order valence-electron chi connectivity index (χ1n) is 7.21. The number of carbonyl (C=O) groups excluding carboxylic acids is 2. The minimum absolute atomic E-state index is 0.305. The Labute approximate surface area is 112 Å². The van der Waals surface area contributed by atoms with E-state index >= 15 is 0 Å². The van der Waals surface area contributed by atoms with Crippen molar-refractivity contribution in [3.05, 3.63) is 0 Å². The van der Waals surface area contributed by atoms with Crippen molar-refractivity contribution in [2.75, 3.05) is 6.54 Å². The van der Waals surface area contributed by atoms with Gasteiger partial charge in [0.25, 0.3) is 0 Å². The normalized spacial score (nSPS) is 18.1. The summed E-state index contributed by atoms with van der Waals surface area (Å²) in [6.07, 6.45) is 4.76. The summed E-state index contributed by atoms with van der Waals surface area (Å²) in [5.41, 5.74) is 0. The molecule has 0 N–H and O–H groups in total. The highest BCUT2D eigenvalue weighted by Gasteiger charge is 2.23. The van der Waals surface area contributed by atoms with Crippen LogP contribution in [0.1, 0.15) is 66.7 Å². The molecule has 1 heterocycles. The lowest BCUT2D eigenvalue weighted by Gasteiger charge is -2.22. The number of carbonyl (C=O) groups is 2. The number of nitrogens with zero attached hydrogens (tertiary/aromatic N) is 1. The molecule has 0 bridgehead atoms. The van der Waals surface area contributed by atoms with Gasteiger partial charge in [-0.15, -0.1) is 0 Å². The van der Waals surface area contributed by atoms with Crippen LogP contribution in [0.3, 0.4) is 0 Å². The Kier molecular flexibility index (Phi) is 8.69. The van der Waals surface area contributed by atoms with Crippen molar-refractivity contribution in [1.29, 1.82) is 0 Å². The van der Waals surface area contributed by atoms with Crippen molar-refractivity contribution < 1.29 is 9.59 Å². The van der Waals surface area contributed by atoms with Crippen molar-refractivity contribution in [3.8, 4) is 0 Å². The molecule has 0 aromatic rings. The number of ketones is 1. The molecule has 3 nitrogen and oxygen atoms in total. The molecule has 0 radical (unpaired) electrons. The van der Waals surface area contributed by atoms with E-state index in [1.807, 2.05) is 4.90 Å². The van der Waals surface area contributed by atoms with Crippen LogP contribution in [0, 0.1) is 5.92 Å². The van der Waals surface area contributed by atoms with E-state index in [2.05, 4.69) is 27.7 Å². The van der Waals surface area contributed by atoms with Gasteiger partial charge in [0.1, 0.15) is 5.78 Å². The van der Waals surface area contributed by atoms with Crippen LogP contribution in [0.25, 0.3) is 0 Å². The number of hydrogen-bond donors (Lipinski definition) is 0. The molecule has 0 saturated carbocycles. The summed E-state index contributed by atoms with van der Waals surface area (Å²) in [6, 6.07) is 0.454. The van der Waals surface area contributed by atoms with Crippen LogP contribution >= 0.6 is 0 Å². The van der Waals surface area contributed by atoms with E-state index in [-0.39, 0.29) is 0 Å². The molecule has 2 atom stereocenters. The van der Waals surface area contributed by atoms with Gasteiger partial charge in [-0.25, -0.2) is 0 Å². The molecule has 1 saturated heterocycles. The average molecular weight is 255 g/mol. The Morgan fingerprint density at radius 2 is 1.89 bits per heavy atom. The van der Waals surface area contributed by atoms with Crippen molar-refractivity contribution in [1.82, 2.24) is 4.90 Å². The first-order valence-corrected chi connectivity index (χ1v) is 7.21. The quantitative estimate of drug-likeness (QED) is 0.755. The van der Waals surface area contributed by atoms with E-state index in [1.54, 1.807) is 6.92 Å². The van der Waals surface area contributed by atoms with Crippen LogP contribution in [0.2, 0.25) is 0 Å². The summed E-state index contributed by atoms with van der Waals surface area (Å²) in [4.78, 5) is 23.5. The lowest BCUT2D eigenvalue weighted by atomic mass is 10.0. The van der Waals surface area contributed by atoms with Gasteiger partial charge in [-0.05, 0) is 32.6 Å². The van der Waals surface area contributed by atoms with E-state index in [4.69, 9.17) is 0 Å². The maximum Gasteiger partial charge on any atom is 0.222 e. The van der Waals surface area contributed by atoms with E-state index in [1.165, 1.54) is 0 Å². The first-order chi connectivity index (χ1) is 8.42. The Morgan fingerprint density at radius 3 is 2.17 bits per heavy atom. The molecular formula is C15H29NO2. The predicted octanol–water partition coefficient (Wildman–Crippen LogP) is 3.42. The third kappa shape index (κ3) is 6.77. The summed E-state index contributed by atoms with van der Waals surface area (Å²) in [5.74, 6) is 1.22. The van der Waals surface area contributed by atoms with Crippen molar-refractivity contribution in [3.63, 3.8) is 0 Å². The summed E-state index contributed by atoms with van der Waals surface area (Å²) >= 11 is 0. The number of Topliss-reactive ketones (excluding diaryl/α,β-unsaturated/α-hetero) is 1. The monoisotopic (exact) mass is 255 g/mol. The van der Waals surface area contributed by atoms with E-state index in [9.17, 15) is 9.59 Å². The number of amides is 1. The maximum absolute atomic E-state index is 11.1. The summed E-state index contributed by atoms with van der Waals surface area (Å²) in [5, 5.41) is 0. The number of likely N-dealkylation sites (tertiary alicyclic amines) is 1. The molecule has 3 heteroatoms. The third-order valence-corrected chi connectivity index (χ3v) is 3.57. The Balaban J connectivity index is 0.000000331. The second-order valence-corrected chi connectivity index (χ2v) is 5.37. The topological polar surface area (TPSA) is 37.4 Å². The zero-order valence-corrected chi connectivity index (χ0v) is 12.7. The molecule has 18 heavy (non-hydrogen) atoms. The molecular weight excluding hydrogens is 226 g/mol. The van der Waals surface area contributed by atoms with Crippen molar-refractivity contribution in [2.24, 2.45) is 5.92 Å². The van der Waals surface area contributed by atoms with Crippen LogP contribution < -0.4 is 0 Å². The van der Waals surface area contributed by atoms with Gasteiger partial charge < -0.3 is 9.69 Å². The van der Waals surface area contributed by atoms with Gasteiger partial charge in [0, 0.05) is 25.4 Å². The molecule has 0 aromatic carbocycles. The Hall–Kier alpha value is -0.860. The second kappa shape index (κ2) is 9.12. The van der Waals surface area contributed by atoms with Gasteiger partial charge in [-0.2, -0.15) is 0 Å². The van der Waals surface area contributed by atoms with Gasteiger partial charge in [-0.1, -0.05) is 27.2 Å². The van der Waals surface area contributed by atoms with Gasteiger partial charge in [0.05, 0.1) is 0 Å². The molecule has 1 amide bonds. The zero-order chi connectivity index (χ0) is 14.1. The minimum Gasteiger partial charge on any atom is -0.340 e. The van der Waals surface area contributed by atoms with Crippen molar-refractivity contribution in [2.45, 2.75) is 72.8 Å². The molecule has 106 valence electrons. The highest BCUT2D eigenvalue weighted by atomic mass is 16.2. The fraction of sp³-hybridized carbons (Fsp3) is 0.867. The standard InChI is InChI=1S/C8H15NO.C7H14O/c1-3-7(2)9-6-4-5-8(9)10;1-4-6(2)5-7(3)8/h7H,3-6H2,1-2H3;6H,4-5H2,1-3H3. The van der Waals surface area contributed by atoms with Crippen LogP contribution in [0.15, 0.2) is 0 Å². The molecule has 1 fully saturated rings.